The van der Waals surface area contributed by atoms with E-state index in [0.717, 1.165) is 16.7 Å². The number of ether oxygens (including phenoxy) is 5. The predicted octanol–water partition coefficient (Wildman–Crippen LogP) is 3.69. The van der Waals surface area contributed by atoms with Crippen molar-refractivity contribution in [3.63, 3.8) is 0 Å². The lowest BCUT2D eigenvalue weighted by Gasteiger charge is -2.37. The van der Waals surface area contributed by atoms with Gasteiger partial charge in [0.2, 0.25) is 11.8 Å². The summed E-state index contributed by atoms with van der Waals surface area (Å²) in [6.07, 6.45) is -1.48. The van der Waals surface area contributed by atoms with Gasteiger partial charge in [-0.3, -0.25) is 19.0 Å². The fourth-order valence-electron chi connectivity index (χ4n) is 5.76. The van der Waals surface area contributed by atoms with E-state index >= 15 is 0 Å². The van der Waals surface area contributed by atoms with E-state index in [4.69, 9.17) is 29.4 Å². The molecule has 13 heteroatoms. The molecule has 2 heterocycles. The number of nitrogens with zero attached hydrogens (tertiary/aromatic N) is 2. The lowest BCUT2D eigenvalue weighted by atomic mass is 9.80. The molecule has 1 aliphatic rings. The second-order valence-electron chi connectivity index (χ2n) is 11.4. The summed E-state index contributed by atoms with van der Waals surface area (Å²) in [5.74, 6) is -0.252. The molecule has 0 radical (unpaired) electrons. The van der Waals surface area contributed by atoms with Crippen molar-refractivity contribution in [1.82, 2.24) is 9.55 Å². The molecule has 3 aromatic carbocycles. The molecule has 5 rings (SSSR count). The molecule has 0 unspecified atom stereocenters. The summed E-state index contributed by atoms with van der Waals surface area (Å²) in [4.78, 5) is 52.6. The Morgan fingerprint density at radius 2 is 1.49 bits per heavy atom. The Balaban J connectivity index is 1.53. The molecular formula is C36H38N4O9. The van der Waals surface area contributed by atoms with Crippen LogP contribution in [0.3, 0.4) is 0 Å². The third kappa shape index (κ3) is 8.13. The quantitative estimate of drug-likeness (QED) is 0.149. The minimum atomic E-state index is -1.19. The van der Waals surface area contributed by atoms with Crippen LogP contribution >= 0.6 is 0 Å². The van der Waals surface area contributed by atoms with Gasteiger partial charge in [0, 0.05) is 26.0 Å². The molecule has 49 heavy (non-hydrogen) atoms. The number of methoxy groups -OCH3 is 2. The van der Waals surface area contributed by atoms with Crippen molar-refractivity contribution in [2.24, 2.45) is 5.73 Å². The van der Waals surface area contributed by atoms with Crippen LogP contribution in [0.15, 0.2) is 95.9 Å². The molecule has 256 valence electrons. The van der Waals surface area contributed by atoms with Gasteiger partial charge in [-0.15, -0.1) is 0 Å². The van der Waals surface area contributed by atoms with Gasteiger partial charge in [0.25, 0.3) is 0 Å². The second kappa shape index (κ2) is 15.6. The number of carbonyl (C=O) groups excluding carboxylic acids is 3. The maximum Gasteiger partial charge on any atom is 0.351 e. The van der Waals surface area contributed by atoms with Crippen LogP contribution in [-0.2, 0) is 34.2 Å². The molecule has 1 aromatic heterocycles. The van der Waals surface area contributed by atoms with Gasteiger partial charge in [-0.2, -0.15) is 4.98 Å². The summed E-state index contributed by atoms with van der Waals surface area (Å²) in [7, 11) is 3.18. The Labute approximate surface area is 282 Å². The molecule has 1 saturated heterocycles. The SMILES string of the molecule is COc1ccc(C(OC[C@H]2O[C@@H](n3ccc(NC(C)=O)nc3=O)C[C@@H]2OC(=O)CCC(N)=O)(c2ccccc2)c2ccc(OC)cc2)cc1. The van der Waals surface area contributed by atoms with Crippen LogP contribution in [0.25, 0.3) is 0 Å². The maximum absolute atomic E-state index is 13.0. The first-order valence-electron chi connectivity index (χ1n) is 15.6. The van der Waals surface area contributed by atoms with Gasteiger partial charge in [-0.05, 0) is 47.0 Å². The molecule has 4 aromatic rings. The predicted molar refractivity (Wildman–Crippen MR) is 178 cm³/mol. The van der Waals surface area contributed by atoms with Crippen molar-refractivity contribution in [2.75, 3.05) is 26.1 Å². The lowest BCUT2D eigenvalue weighted by Crippen LogP contribution is -2.39. The smallest absolute Gasteiger partial charge is 0.351 e. The Morgan fingerprint density at radius 3 is 2.02 bits per heavy atom. The van der Waals surface area contributed by atoms with Crippen LogP contribution in [0.5, 0.6) is 11.5 Å². The topological polar surface area (TPSA) is 170 Å². The number of nitrogens with two attached hydrogens (primary N) is 1. The third-order valence-electron chi connectivity index (χ3n) is 8.12. The summed E-state index contributed by atoms with van der Waals surface area (Å²) in [6, 6.07) is 26.1. The van der Waals surface area contributed by atoms with Crippen LogP contribution in [0.2, 0.25) is 0 Å². The van der Waals surface area contributed by atoms with Gasteiger partial charge < -0.3 is 34.7 Å². The zero-order chi connectivity index (χ0) is 35.0. The van der Waals surface area contributed by atoms with Crippen molar-refractivity contribution >= 4 is 23.6 Å². The summed E-state index contributed by atoms with van der Waals surface area (Å²) in [6.45, 7) is 1.21. The number of nitrogens with one attached hydrogen (secondary N) is 1. The Morgan fingerprint density at radius 1 is 0.898 bits per heavy atom. The van der Waals surface area contributed by atoms with E-state index in [0.29, 0.717) is 11.5 Å². The highest BCUT2D eigenvalue weighted by atomic mass is 16.6. The molecule has 3 atom stereocenters. The Bertz CT molecular complexity index is 1760. The standard InChI is InChI=1S/C36H38N4O9/c1-23(41)38-32-19-20-40(35(44)39-32)33-21-29(49-34(43)18-17-31(37)42)30(48-33)22-47-36(24-7-5-4-6-8-24,25-9-13-27(45-2)14-10-25)26-11-15-28(46-3)16-12-26/h4-16,19-20,29-30,33H,17-18,21-22H2,1-3H3,(H2,37,42)(H,38,39,41,44)/t29-,30+,33+/m0/s1. The van der Waals surface area contributed by atoms with E-state index < -0.39 is 41.6 Å². The average Bonchev–Trinajstić information content (AvgIpc) is 3.50. The van der Waals surface area contributed by atoms with Crippen molar-refractivity contribution < 1.29 is 38.1 Å². The minimum Gasteiger partial charge on any atom is -0.497 e. The summed E-state index contributed by atoms with van der Waals surface area (Å²) >= 11 is 0. The van der Waals surface area contributed by atoms with Crippen molar-refractivity contribution in [3.8, 4) is 11.5 Å². The number of rotatable bonds is 14. The lowest BCUT2D eigenvalue weighted by molar-refractivity contribution is -0.156. The maximum atomic E-state index is 13.0. The molecule has 1 aliphatic heterocycles. The van der Waals surface area contributed by atoms with E-state index in [1.165, 1.54) is 23.8 Å². The first kappa shape index (κ1) is 34.8. The van der Waals surface area contributed by atoms with Crippen LogP contribution in [0.4, 0.5) is 5.82 Å². The number of carbonyl (C=O) groups is 3. The van der Waals surface area contributed by atoms with Crippen molar-refractivity contribution in [1.29, 1.82) is 0 Å². The fourth-order valence-corrected chi connectivity index (χ4v) is 5.76. The van der Waals surface area contributed by atoms with Crippen molar-refractivity contribution in [3.05, 3.63) is 118 Å². The zero-order valence-corrected chi connectivity index (χ0v) is 27.4. The summed E-state index contributed by atoms with van der Waals surface area (Å²) in [5.41, 5.74) is 5.75. The van der Waals surface area contributed by atoms with Crippen molar-refractivity contribution in [2.45, 2.75) is 50.2 Å². The van der Waals surface area contributed by atoms with Crippen LogP contribution < -0.4 is 26.2 Å². The Kier molecular flexibility index (Phi) is 11.1. The first-order valence-corrected chi connectivity index (χ1v) is 15.6. The number of hydrogen-bond donors (Lipinski definition) is 2. The van der Waals surface area contributed by atoms with E-state index in [1.807, 2.05) is 78.9 Å². The molecule has 0 saturated carbocycles. The number of aromatic nitrogens is 2. The molecule has 1 fully saturated rings. The molecule has 2 amide bonds. The van der Waals surface area contributed by atoms with Gasteiger partial charge in [0.15, 0.2) is 0 Å². The van der Waals surface area contributed by atoms with Gasteiger partial charge in [0.1, 0.15) is 41.4 Å². The molecule has 0 spiro atoms. The fraction of sp³-hybridized carbons (Fsp3) is 0.306. The highest BCUT2D eigenvalue weighted by Gasteiger charge is 2.44. The van der Waals surface area contributed by atoms with E-state index in [9.17, 15) is 19.2 Å². The summed E-state index contributed by atoms with van der Waals surface area (Å²) < 4.78 is 31.3. The summed E-state index contributed by atoms with van der Waals surface area (Å²) in [5, 5.41) is 2.48. The number of esters is 1. The van der Waals surface area contributed by atoms with Crippen LogP contribution in [0.1, 0.15) is 49.1 Å². The van der Waals surface area contributed by atoms with E-state index in [2.05, 4.69) is 10.3 Å². The van der Waals surface area contributed by atoms with Crippen LogP contribution in [-0.4, -0.2) is 60.4 Å². The molecule has 0 bridgehead atoms. The van der Waals surface area contributed by atoms with E-state index in [-0.39, 0.29) is 37.6 Å². The molecular weight excluding hydrogens is 632 g/mol. The van der Waals surface area contributed by atoms with Gasteiger partial charge >= 0.3 is 11.7 Å². The highest BCUT2D eigenvalue weighted by molar-refractivity contribution is 5.87. The van der Waals surface area contributed by atoms with E-state index in [1.54, 1.807) is 14.2 Å². The molecule has 3 N–H and O–H groups in total. The average molecular weight is 671 g/mol. The molecule has 0 aliphatic carbocycles. The Hall–Kier alpha value is -5.53. The number of hydrogen-bond acceptors (Lipinski definition) is 10. The van der Waals surface area contributed by atoms with Crippen LogP contribution in [0, 0.1) is 0 Å². The van der Waals surface area contributed by atoms with Gasteiger partial charge in [-0.1, -0.05) is 54.6 Å². The largest absolute Gasteiger partial charge is 0.497 e. The monoisotopic (exact) mass is 670 g/mol. The second-order valence-corrected chi connectivity index (χ2v) is 11.4. The first-order chi connectivity index (χ1) is 23.6. The minimum absolute atomic E-state index is 0.0841. The zero-order valence-electron chi connectivity index (χ0n) is 27.4. The highest BCUT2D eigenvalue weighted by Crippen LogP contribution is 2.43. The van der Waals surface area contributed by atoms with Gasteiger partial charge in [-0.25, -0.2) is 4.79 Å². The third-order valence-corrected chi connectivity index (χ3v) is 8.12. The number of amides is 2. The van der Waals surface area contributed by atoms with Gasteiger partial charge in [0.05, 0.1) is 27.2 Å². The number of anilines is 1. The molecule has 13 nitrogen and oxygen atoms in total. The number of benzene rings is 3. The normalized spacial score (nSPS) is 17.2. The number of primary amides is 1.